The van der Waals surface area contributed by atoms with E-state index in [9.17, 15) is 14.4 Å². The minimum atomic E-state index is -0.750. The van der Waals surface area contributed by atoms with Crippen molar-refractivity contribution in [2.24, 2.45) is 0 Å². The third kappa shape index (κ3) is 4.06. The highest BCUT2D eigenvalue weighted by Crippen LogP contribution is 2.29. The fourth-order valence-electron chi connectivity index (χ4n) is 5.26. The molecule has 1 fully saturated rings. The minimum absolute atomic E-state index is 0.0863. The van der Waals surface area contributed by atoms with Crippen LogP contribution in [0.15, 0.2) is 96.7 Å². The fourth-order valence-corrected chi connectivity index (χ4v) is 5.26. The van der Waals surface area contributed by atoms with E-state index in [1.807, 2.05) is 62.5 Å². The summed E-state index contributed by atoms with van der Waals surface area (Å²) in [4.78, 5) is 40.1. The van der Waals surface area contributed by atoms with Crippen molar-refractivity contribution >= 4 is 51.3 Å². The van der Waals surface area contributed by atoms with Crippen molar-refractivity contribution < 1.29 is 14.4 Å². The second-order valence-corrected chi connectivity index (χ2v) is 9.67. The van der Waals surface area contributed by atoms with Gasteiger partial charge in [0.15, 0.2) is 0 Å². The SMILES string of the molecule is Cc1cc(C)cc(N2C(=O)NC(=O)/C(=C\c3cn(Cc4cccc5ccccc45)c4ccccc34)C2=O)c1. The number of benzene rings is 4. The number of hydrogen-bond acceptors (Lipinski definition) is 3. The standard InChI is InChI=1S/C32H25N3O3/c1-20-14-21(2)16-25(15-20)35-31(37)28(30(36)33-32(35)38)17-24-19-34(29-13-6-5-12-27(24)29)18-23-10-7-9-22-8-3-4-11-26(22)23/h3-17,19H,18H2,1-2H3,(H,33,36,38)/b28-17+. The molecule has 1 aromatic heterocycles. The third-order valence-corrected chi connectivity index (χ3v) is 6.91. The molecule has 0 saturated carbocycles. The van der Waals surface area contributed by atoms with Crippen LogP contribution in [0.5, 0.6) is 0 Å². The van der Waals surface area contributed by atoms with E-state index in [-0.39, 0.29) is 5.57 Å². The molecule has 1 saturated heterocycles. The van der Waals surface area contributed by atoms with Crippen LogP contribution in [0.4, 0.5) is 10.5 Å². The fraction of sp³-hybridized carbons (Fsp3) is 0.0938. The lowest BCUT2D eigenvalue weighted by molar-refractivity contribution is -0.122. The highest BCUT2D eigenvalue weighted by molar-refractivity contribution is 6.39. The van der Waals surface area contributed by atoms with Crippen LogP contribution < -0.4 is 10.2 Å². The van der Waals surface area contributed by atoms with E-state index in [1.54, 1.807) is 18.2 Å². The van der Waals surface area contributed by atoms with E-state index >= 15 is 0 Å². The van der Waals surface area contributed by atoms with Gasteiger partial charge in [0, 0.05) is 29.2 Å². The van der Waals surface area contributed by atoms with Crippen LogP contribution in [0.3, 0.4) is 0 Å². The molecular weight excluding hydrogens is 474 g/mol. The highest BCUT2D eigenvalue weighted by atomic mass is 16.2. The van der Waals surface area contributed by atoms with Gasteiger partial charge in [-0.05, 0) is 65.6 Å². The molecule has 0 unspecified atom stereocenters. The van der Waals surface area contributed by atoms with E-state index in [0.29, 0.717) is 12.2 Å². The lowest BCUT2D eigenvalue weighted by atomic mass is 10.0. The second-order valence-electron chi connectivity index (χ2n) is 9.67. The Morgan fingerprint density at radius 3 is 2.26 bits per heavy atom. The molecule has 6 heteroatoms. The first-order valence-corrected chi connectivity index (χ1v) is 12.4. The van der Waals surface area contributed by atoms with E-state index < -0.39 is 17.8 Å². The lowest BCUT2D eigenvalue weighted by Crippen LogP contribution is -2.54. The summed E-state index contributed by atoms with van der Waals surface area (Å²) < 4.78 is 2.13. The molecule has 1 aliphatic rings. The number of rotatable bonds is 4. The first-order chi connectivity index (χ1) is 18.4. The Balaban J connectivity index is 1.43. The van der Waals surface area contributed by atoms with E-state index in [4.69, 9.17) is 0 Å². The number of carbonyl (C=O) groups is 3. The number of fused-ring (bicyclic) bond motifs is 2. The van der Waals surface area contributed by atoms with Gasteiger partial charge in [-0.15, -0.1) is 0 Å². The number of carbonyl (C=O) groups excluding carboxylic acids is 3. The molecule has 4 amide bonds. The molecule has 1 N–H and O–H groups in total. The summed E-state index contributed by atoms with van der Waals surface area (Å²) in [5, 5.41) is 5.60. The molecular formula is C32H25N3O3. The number of imide groups is 2. The number of urea groups is 1. The first-order valence-electron chi connectivity index (χ1n) is 12.4. The Morgan fingerprint density at radius 1 is 0.789 bits per heavy atom. The number of para-hydroxylation sites is 1. The normalized spacial score (nSPS) is 15.1. The quantitative estimate of drug-likeness (QED) is 0.239. The van der Waals surface area contributed by atoms with Crippen molar-refractivity contribution in [3.05, 3.63) is 119 Å². The average Bonchev–Trinajstić information content (AvgIpc) is 3.23. The Hall–Kier alpha value is -4.97. The van der Waals surface area contributed by atoms with Gasteiger partial charge in [0.05, 0.1) is 5.69 Å². The maximum atomic E-state index is 13.5. The first kappa shape index (κ1) is 23.4. The average molecular weight is 500 g/mol. The molecule has 0 aliphatic carbocycles. The minimum Gasteiger partial charge on any atom is -0.342 e. The van der Waals surface area contributed by atoms with Gasteiger partial charge in [-0.25, -0.2) is 9.69 Å². The largest absolute Gasteiger partial charge is 0.342 e. The van der Waals surface area contributed by atoms with Gasteiger partial charge in [0.2, 0.25) is 0 Å². The molecule has 186 valence electrons. The molecule has 0 radical (unpaired) electrons. The number of nitrogens with zero attached hydrogens (tertiary/aromatic N) is 2. The third-order valence-electron chi connectivity index (χ3n) is 6.91. The van der Waals surface area contributed by atoms with Gasteiger partial charge in [0.25, 0.3) is 11.8 Å². The molecule has 2 heterocycles. The molecule has 1 aliphatic heterocycles. The number of aromatic nitrogens is 1. The van der Waals surface area contributed by atoms with Gasteiger partial charge >= 0.3 is 6.03 Å². The van der Waals surface area contributed by atoms with E-state index in [0.717, 1.165) is 32.5 Å². The summed E-state index contributed by atoms with van der Waals surface area (Å²) in [7, 11) is 0. The topological polar surface area (TPSA) is 71.4 Å². The molecule has 0 bridgehead atoms. The van der Waals surface area contributed by atoms with Crippen molar-refractivity contribution in [2.45, 2.75) is 20.4 Å². The Labute approximate surface area is 219 Å². The van der Waals surface area contributed by atoms with Crippen molar-refractivity contribution in [1.82, 2.24) is 9.88 Å². The molecule has 38 heavy (non-hydrogen) atoms. The van der Waals surface area contributed by atoms with E-state index in [1.165, 1.54) is 16.3 Å². The van der Waals surface area contributed by atoms with Crippen molar-refractivity contribution in [3.8, 4) is 0 Å². The summed E-state index contributed by atoms with van der Waals surface area (Å²) >= 11 is 0. The van der Waals surface area contributed by atoms with Crippen molar-refractivity contribution in [1.29, 1.82) is 0 Å². The van der Waals surface area contributed by atoms with Crippen LogP contribution in [0, 0.1) is 13.8 Å². The van der Waals surface area contributed by atoms with Gasteiger partial charge in [-0.2, -0.15) is 0 Å². The Bertz CT molecular complexity index is 1790. The zero-order chi connectivity index (χ0) is 26.4. The van der Waals surface area contributed by atoms with Gasteiger partial charge in [-0.1, -0.05) is 66.7 Å². The maximum absolute atomic E-state index is 13.5. The number of aryl methyl sites for hydroxylation is 2. The summed E-state index contributed by atoms with van der Waals surface area (Å²) in [6.45, 7) is 4.42. The summed E-state index contributed by atoms with van der Waals surface area (Å²) in [6, 6.07) is 27.2. The zero-order valence-electron chi connectivity index (χ0n) is 21.1. The van der Waals surface area contributed by atoms with Gasteiger partial charge in [-0.3, -0.25) is 14.9 Å². The number of anilines is 1. The van der Waals surface area contributed by atoms with Crippen LogP contribution in [-0.4, -0.2) is 22.4 Å². The zero-order valence-corrected chi connectivity index (χ0v) is 21.1. The number of hydrogen-bond donors (Lipinski definition) is 1. The van der Waals surface area contributed by atoms with Gasteiger partial charge in [0.1, 0.15) is 5.57 Å². The predicted molar refractivity (Wildman–Crippen MR) is 150 cm³/mol. The van der Waals surface area contributed by atoms with Crippen LogP contribution in [-0.2, 0) is 16.1 Å². The maximum Gasteiger partial charge on any atom is 0.335 e. The van der Waals surface area contributed by atoms with Gasteiger partial charge < -0.3 is 4.57 Å². The summed E-state index contributed by atoms with van der Waals surface area (Å²) in [5.41, 5.74) is 5.06. The number of nitrogens with one attached hydrogen (secondary N) is 1. The van der Waals surface area contributed by atoms with Crippen molar-refractivity contribution in [2.75, 3.05) is 4.90 Å². The van der Waals surface area contributed by atoms with Crippen LogP contribution in [0.25, 0.3) is 27.8 Å². The molecule has 4 aromatic carbocycles. The lowest BCUT2D eigenvalue weighted by Gasteiger charge is -2.26. The molecule has 6 nitrogen and oxygen atoms in total. The Morgan fingerprint density at radius 2 is 1.47 bits per heavy atom. The predicted octanol–water partition coefficient (Wildman–Crippen LogP) is 6.13. The van der Waals surface area contributed by atoms with Crippen LogP contribution >= 0.6 is 0 Å². The van der Waals surface area contributed by atoms with Crippen LogP contribution in [0.2, 0.25) is 0 Å². The monoisotopic (exact) mass is 499 g/mol. The Kier molecular flexibility index (Phi) is 5.65. The van der Waals surface area contributed by atoms with Crippen LogP contribution in [0.1, 0.15) is 22.3 Å². The summed E-state index contributed by atoms with van der Waals surface area (Å²) in [5.74, 6) is -1.35. The highest BCUT2D eigenvalue weighted by Gasteiger charge is 2.37. The molecule has 0 atom stereocenters. The molecule has 6 rings (SSSR count). The second kappa shape index (κ2) is 9.16. The number of amides is 4. The van der Waals surface area contributed by atoms with E-state index in [2.05, 4.69) is 40.2 Å². The number of barbiturate groups is 1. The molecule has 0 spiro atoms. The molecule has 5 aromatic rings. The van der Waals surface area contributed by atoms with Crippen molar-refractivity contribution in [3.63, 3.8) is 0 Å². The smallest absolute Gasteiger partial charge is 0.335 e. The summed E-state index contributed by atoms with van der Waals surface area (Å²) in [6.07, 6.45) is 3.54.